The molecule has 0 amide bonds. The average Bonchev–Trinajstić information content (AvgIpc) is 2.58. The van der Waals surface area contributed by atoms with Crippen LogP contribution in [0.3, 0.4) is 0 Å². The molecule has 0 spiro atoms. The van der Waals surface area contributed by atoms with Crippen molar-refractivity contribution in [2.24, 2.45) is 5.73 Å². The lowest BCUT2D eigenvalue weighted by Gasteiger charge is -2.19. The Morgan fingerprint density at radius 2 is 2.29 bits per heavy atom. The van der Waals surface area contributed by atoms with Crippen molar-refractivity contribution in [2.75, 3.05) is 18.0 Å². The molecule has 2 rings (SSSR count). The van der Waals surface area contributed by atoms with Crippen molar-refractivity contribution in [3.05, 3.63) is 17.5 Å². The van der Waals surface area contributed by atoms with Crippen LogP contribution < -0.4 is 10.6 Å². The maximum atomic E-state index is 9.93. The first-order valence-electron chi connectivity index (χ1n) is 5.50. The molecule has 2 heterocycles. The summed E-state index contributed by atoms with van der Waals surface area (Å²) in [6, 6.07) is 1.76. The van der Waals surface area contributed by atoms with Crippen LogP contribution in [0.2, 0.25) is 0 Å². The third-order valence-corrected chi connectivity index (χ3v) is 3.04. The van der Waals surface area contributed by atoms with Crippen LogP contribution in [0.15, 0.2) is 6.07 Å². The first-order chi connectivity index (χ1) is 7.87. The molecule has 0 bridgehead atoms. The zero-order valence-electron chi connectivity index (χ0n) is 9.97. The lowest BCUT2D eigenvalue weighted by molar-refractivity contribution is 0.0838. The van der Waals surface area contributed by atoms with E-state index in [1.54, 1.807) is 6.07 Å². The summed E-state index contributed by atoms with van der Waals surface area (Å²) in [5.41, 5.74) is 6.31. The summed E-state index contributed by atoms with van der Waals surface area (Å²) < 4.78 is 0. The monoisotopic (exact) mass is 252 g/mol. The number of rotatable bonds is 2. The number of hydrogen-bond acceptors (Lipinski definition) is 5. The average molecular weight is 252 g/mol. The number of nitrogens with zero attached hydrogens (tertiary/aromatic N) is 3. The summed E-state index contributed by atoms with van der Waals surface area (Å²) in [4.78, 5) is 10.9. The van der Waals surface area contributed by atoms with Crippen LogP contribution in [0.4, 0.5) is 5.95 Å². The van der Waals surface area contributed by atoms with Crippen LogP contribution in [-0.4, -0.2) is 38.8 Å². The Morgan fingerprint density at radius 1 is 1.59 bits per heavy atom. The van der Waals surface area contributed by atoms with Crippen molar-refractivity contribution in [1.29, 1.82) is 0 Å². The molecular formula is C11H16N4OS. The molecule has 1 saturated heterocycles. The molecule has 3 N–H and O–H groups in total. The number of aromatic nitrogens is 2. The third kappa shape index (κ3) is 2.70. The van der Waals surface area contributed by atoms with Crippen LogP contribution in [0.25, 0.3) is 0 Å². The van der Waals surface area contributed by atoms with Gasteiger partial charge >= 0.3 is 0 Å². The zero-order chi connectivity index (χ0) is 12.6. The highest BCUT2D eigenvalue weighted by atomic mass is 32.1. The van der Waals surface area contributed by atoms with Gasteiger partial charge in [0.2, 0.25) is 5.95 Å². The van der Waals surface area contributed by atoms with Crippen molar-refractivity contribution in [1.82, 2.24) is 9.97 Å². The number of aliphatic hydroxyl groups is 1. The molecule has 1 fully saturated rings. The normalized spacial score (nSPS) is 24.1. The molecule has 1 aliphatic rings. The molecule has 1 unspecified atom stereocenters. The number of β-amino-alcohol motifs (C(OH)–C–C–N with tert-alkyl or cyclic N) is 1. The highest BCUT2D eigenvalue weighted by Gasteiger charge is 2.32. The quantitative estimate of drug-likeness (QED) is 0.741. The van der Waals surface area contributed by atoms with Gasteiger partial charge in [0.25, 0.3) is 0 Å². The van der Waals surface area contributed by atoms with Crippen molar-refractivity contribution in [3.63, 3.8) is 0 Å². The van der Waals surface area contributed by atoms with E-state index >= 15 is 0 Å². The zero-order valence-corrected chi connectivity index (χ0v) is 10.8. The largest absolute Gasteiger partial charge is 0.388 e. The van der Waals surface area contributed by atoms with E-state index in [0.717, 1.165) is 12.2 Å². The Balaban J connectivity index is 2.30. The van der Waals surface area contributed by atoms with E-state index in [1.165, 1.54) is 0 Å². The summed E-state index contributed by atoms with van der Waals surface area (Å²) in [5, 5.41) is 9.93. The molecule has 92 valence electrons. The molecule has 17 heavy (non-hydrogen) atoms. The molecule has 0 saturated carbocycles. The number of aryl methyl sites for hydroxylation is 1. The lowest BCUT2D eigenvalue weighted by atomic mass is 10.1. The Morgan fingerprint density at radius 3 is 2.82 bits per heavy atom. The van der Waals surface area contributed by atoms with Crippen LogP contribution >= 0.6 is 12.2 Å². The van der Waals surface area contributed by atoms with E-state index in [4.69, 9.17) is 18.0 Å². The highest BCUT2D eigenvalue weighted by molar-refractivity contribution is 7.80. The SMILES string of the molecule is Cc1cc(C(N)=S)nc(N2CCC(C)(O)C2)n1. The fourth-order valence-corrected chi connectivity index (χ4v) is 2.04. The summed E-state index contributed by atoms with van der Waals surface area (Å²) in [7, 11) is 0. The minimum Gasteiger partial charge on any atom is -0.388 e. The van der Waals surface area contributed by atoms with Crippen molar-refractivity contribution in [2.45, 2.75) is 25.9 Å². The smallest absolute Gasteiger partial charge is 0.226 e. The van der Waals surface area contributed by atoms with Gasteiger partial charge in [-0.2, -0.15) is 0 Å². The number of nitrogens with two attached hydrogens (primary N) is 1. The van der Waals surface area contributed by atoms with Gasteiger partial charge in [-0.25, -0.2) is 9.97 Å². The minimum absolute atomic E-state index is 0.266. The summed E-state index contributed by atoms with van der Waals surface area (Å²) in [6.45, 7) is 4.97. The van der Waals surface area contributed by atoms with E-state index in [2.05, 4.69) is 9.97 Å². The van der Waals surface area contributed by atoms with Gasteiger partial charge in [-0.1, -0.05) is 12.2 Å². The topological polar surface area (TPSA) is 75.3 Å². The van der Waals surface area contributed by atoms with Crippen molar-refractivity contribution >= 4 is 23.2 Å². The first kappa shape index (κ1) is 12.2. The van der Waals surface area contributed by atoms with E-state index in [1.807, 2.05) is 18.7 Å². The highest BCUT2D eigenvalue weighted by Crippen LogP contribution is 2.24. The van der Waals surface area contributed by atoms with Crippen molar-refractivity contribution < 1.29 is 5.11 Å². The Bertz CT molecular complexity index is 461. The number of hydrogen-bond donors (Lipinski definition) is 2. The molecule has 0 radical (unpaired) electrons. The summed E-state index contributed by atoms with van der Waals surface area (Å²) >= 11 is 4.92. The predicted octanol–water partition coefficient (Wildman–Crippen LogP) is 0.380. The van der Waals surface area contributed by atoms with E-state index in [0.29, 0.717) is 24.6 Å². The van der Waals surface area contributed by atoms with Crippen LogP contribution in [0, 0.1) is 6.92 Å². The Kier molecular flexibility index (Phi) is 3.01. The second-order valence-corrected chi connectivity index (χ2v) is 5.17. The first-order valence-corrected chi connectivity index (χ1v) is 5.91. The standard InChI is InChI=1S/C11H16N4OS/c1-7-5-8(9(12)17)14-10(13-7)15-4-3-11(2,16)6-15/h5,16H,3-4,6H2,1-2H3,(H2,12,17). The second-order valence-electron chi connectivity index (χ2n) is 4.73. The van der Waals surface area contributed by atoms with E-state index < -0.39 is 5.60 Å². The van der Waals surface area contributed by atoms with Crippen LogP contribution in [-0.2, 0) is 0 Å². The third-order valence-electron chi connectivity index (χ3n) is 2.83. The van der Waals surface area contributed by atoms with Gasteiger partial charge < -0.3 is 15.7 Å². The van der Waals surface area contributed by atoms with Gasteiger partial charge in [0.1, 0.15) is 10.7 Å². The molecular weight excluding hydrogens is 236 g/mol. The molecule has 0 aliphatic carbocycles. The molecule has 1 aromatic heterocycles. The van der Waals surface area contributed by atoms with Gasteiger partial charge in [-0.05, 0) is 26.3 Å². The van der Waals surface area contributed by atoms with Crippen molar-refractivity contribution in [3.8, 4) is 0 Å². The van der Waals surface area contributed by atoms with Crippen LogP contribution in [0.1, 0.15) is 24.7 Å². The van der Waals surface area contributed by atoms with Crippen LogP contribution in [0.5, 0.6) is 0 Å². The van der Waals surface area contributed by atoms with Gasteiger partial charge in [0, 0.05) is 18.8 Å². The molecule has 1 atom stereocenters. The summed E-state index contributed by atoms with van der Waals surface area (Å²) in [6.07, 6.45) is 0.715. The van der Waals surface area contributed by atoms with Gasteiger partial charge in [-0.15, -0.1) is 0 Å². The van der Waals surface area contributed by atoms with Gasteiger partial charge in [0.05, 0.1) is 5.60 Å². The minimum atomic E-state index is -0.670. The predicted molar refractivity (Wildman–Crippen MR) is 70.1 cm³/mol. The molecule has 6 heteroatoms. The molecule has 0 aromatic carbocycles. The molecule has 1 aromatic rings. The Labute approximate surface area is 106 Å². The number of thiocarbonyl (C=S) groups is 1. The van der Waals surface area contributed by atoms with E-state index in [-0.39, 0.29) is 4.99 Å². The summed E-state index contributed by atoms with van der Waals surface area (Å²) in [5.74, 6) is 0.588. The fraction of sp³-hybridized carbons (Fsp3) is 0.545. The fourth-order valence-electron chi connectivity index (χ4n) is 1.94. The van der Waals surface area contributed by atoms with Gasteiger partial charge in [0.15, 0.2) is 0 Å². The molecule has 5 nitrogen and oxygen atoms in total. The Hall–Kier alpha value is -1.27. The molecule has 1 aliphatic heterocycles. The lowest BCUT2D eigenvalue weighted by Crippen LogP contribution is -2.31. The maximum absolute atomic E-state index is 9.93. The van der Waals surface area contributed by atoms with E-state index in [9.17, 15) is 5.11 Å². The van der Waals surface area contributed by atoms with Gasteiger partial charge in [-0.3, -0.25) is 0 Å². The number of anilines is 1. The maximum Gasteiger partial charge on any atom is 0.226 e. The second kappa shape index (κ2) is 4.19.